The van der Waals surface area contributed by atoms with Crippen molar-refractivity contribution >= 4 is 33.5 Å². The van der Waals surface area contributed by atoms with Crippen LogP contribution in [0.15, 0.2) is 22.7 Å². The van der Waals surface area contributed by atoms with Gasteiger partial charge in [-0.25, -0.2) is 0 Å². The monoisotopic (exact) mass is 330 g/mol. The van der Waals surface area contributed by atoms with Crippen LogP contribution in [-0.4, -0.2) is 48.7 Å². The summed E-state index contributed by atoms with van der Waals surface area (Å²) in [5, 5.41) is 8.83. The Labute approximate surface area is 119 Å². The van der Waals surface area contributed by atoms with Crippen LogP contribution in [0.3, 0.4) is 0 Å². The van der Waals surface area contributed by atoms with E-state index in [9.17, 15) is 9.59 Å². The molecular weight excluding hydrogens is 316 g/mol. The zero-order chi connectivity index (χ0) is 14.4. The SMILES string of the molecule is COCCN(CC(=O)O)C(=O)c1cc(N)ccc1Br. The van der Waals surface area contributed by atoms with Crippen molar-refractivity contribution in [2.24, 2.45) is 0 Å². The van der Waals surface area contributed by atoms with E-state index in [1.54, 1.807) is 12.1 Å². The number of halogens is 1. The van der Waals surface area contributed by atoms with Crippen LogP contribution in [-0.2, 0) is 9.53 Å². The fourth-order valence-corrected chi connectivity index (χ4v) is 1.91. The summed E-state index contributed by atoms with van der Waals surface area (Å²) >= 11 is 3.25. The van der Waals surface area contributed by atoms with E-state index in [0.29, 0.717) is 15.7 Å². The fraction of sp³-hybridized carbons (Fsp3) is 0.333. The highest BCUT2D eigenvalue weighted by atomic mass is 79.9. The van der Waals surface area contributed by atoms with Gasteiger partial charge in [0.2, 0.25) is 0 Å². The number of benzene rings is 1. The second kappa shape index (κ2) is 7.10. The molecule has 0 heterocycles. The van der Waals surface area contributed by atoms with Crippen LogP contribution in [0.25, 0.3) is 0 Å². The van der Waals surface area contributed by atoms with Crippen molar-refractivity contribution in [1.29, 1.82) is 0 Å². The van der Waals surface area contributed by atoms with Crippen LogP contribution < -0.4 is 5.73 Å². The summed E-state index contributed by atoms with van der Waals surface area (Å²) in [7, 11) is 1.49. The van der Waals surface area contributed by atoms with E-state index in [1.165, 1.54) is 18.1 Å². The lowest BCUT2D eigenvalue weighted by Crippen LogP contribution is -2.38. The van der Waals surface area contributed by atoms with Crippen molar-refractivity contribution in [3.63, 3.8) is 0 Å². The number of rotatable bonds is 6. The maximum atomic E-state index is 12.3. The number of anilines is 1. The summed E-state index contributed by atoms with van der Waals surface area (Å²) in [5.41, 5.74) is 6.40. The minimum absolute atomic E-state index is 0.197. The van der Waals surface area contributed by atoms with Crippen LogP contribution >= 0.6 is 15.9 Å². The zero-order valence-corrected chi connectivity index (χ0v) is 12.0. The number of methoxy groups -OCH3 is 1. The molecule has 0 atom stereocenters. The van der Waals surface area contributed by atoms with Crippen molar-refractivity contribution in [2.75, 3.05) is 32.5 Å². The Hall–Kier alpha value is -1.60. The first-order chi connectivity index (χ1) is 8.95. The lowest BCUT2D eigenvalue weighted by molar-refractivity contribution is -0.137. The Morgan fingerprint density at radius 3 is 2.74 bits per heavy atom. The number of nitrogens with zero attached hydrogens (tertiary/aromatic N) is 1. The van der Waals surface area contributed by atoms with Crippen molar-refractivity contribution in [3.05, 3.63) is 28.2 Å². The Kier molecular flexibility index (Phi) is 5.78. The topological polar surface area (TPSA) is 92.9 Å². The zero-order valence-electron chi connectivity index (χ0n) is 10.4. The van der Waals surface area contributed by atoms with E-state index in [0.717, 1.165) is 0 Å². The van der Waals surface area contributed by atoms with Crippen LogP contribution in [0.5, 0.6) is 0 Å². The number of ether oxygens (including phenoxy) is 1. The van der Waals surface area contributed by atoms with Crippen molar-refractivity contribution < 1.29 is 19.4 Å². The molecule has 0 aliphatic rings. The lowest BCUT2D eigenvalue weighted by atomic mass is 10.1. The van der Waals surface area contributed by atoms with Gasteiger partial charge < -0.3 is 20.5 Å². The molecule has 0 radical (unpaired) electrons. The minimum Gasteiger partial charge on any atom is -0.480 e. The van der Waals surface area contributed by atoms with Crippen molar-refractivity contribution in [1.82, 2.24) is 4.90 Å². The Morgan fingerprint density at radius 2 is 2.16 bits per heavy atom. The molecule has 19 heavy (non-hydrogen) atoms. The summed E-state index contributed by atoms with van der Waals surface area (Å²) in [5.74, 6) is -1.48. The number of nitrogen functional groups attached to an aromatic ring is 1. The highest BCUT2D eigenvalue weighted by Crippen LogP contribution is 2.21. The molecule has 1 aromatic carbocycles. The number of nitrogens with two attached hydrogens (primary N) is 1. The van der Waals surface area contributed by atoms with E-state index in [1.807, 2.05) is 0 Å². The third-order valence-corrected chi connectivity index (χ3v) is 3.09. The number of hydrogen-bond acceptors (Lipinski definition) is 4. The van der Waals surface area contributed by atoms with Gasteiger partial charge in [-0.05, 0) is 34.1 Å². The quantitative estimate of drug-likeness (QED) is 0.764. The van der Waals surface area contributed by atoms with E-state index in [-0.39, 0.29) is 19.7 Å². The third kappa shape index (κ3) is 4.53. The fourth-order valence-electron chi connectivity index (χ4n) is 1.49. The Balaban J connectivity index is 2.97. The number of carboxylic acid groups (broad SMARTS) is 1. The second-order valence-electron chi connectivity index (χ2n) is 3.85. The molecule has 6 nitrogen and oxygen atoms in total. The maximum absolute atomic E-state index is 12.3. The predicted molar refractivity (Wildman–Crippen MR) is 74.0 cm³/mol. The van der Waals surface area contributed by atoms with Gasteiger partial charge in [0.15, 0.2) is 0 Å². The smallest absolute Gasteiger partial charge is 0.323 e. The van der Waals surface area contributed by atoms with E-state index >= 15 is 0 Å². The molecule has 7 heteroatoms. The van der Waals surface area contributed by atoms with Gasteiger partial charge in [-0.15, -0.1) is 0 Å². The molecule has 0 fully saturated rings. The summed E-state index contributed by atoms with van der Waals surface area (Å²) in [6, 6.07) is 4.81. The van der Waals surface area contributed by atoms with Gasteiger partial charge >= 0.3 is 5.97 Å². The number of carbonyl (C=O) groups excluding carboxylic acids is 1. The number of carboxylic acids is 1. The molecule has 1 aromatic rings. The summed E-state index contributed by atoms with van der Waals surface area (Å²) < 4.78 is 5.44. The van der Waals surface area contributed by atoms with Crippen molar-refractivity contribution in [3.8, 4) is 0 Å². The van der Waals surface area contributed by atoms with E-state index < -0.39 is 11.9 Å². The summed E-state index contributed by atoms with van der Waals surface area (Å²) in [4.78, 5) is 24.3. The average Bonchev–Trinajstić information content (AvgIpc) is 2.36. The van der Waals surface area contributed by atoms with Gasteiger partial charge in [0.1, 0.15) is 6.54 Å². The maximum Gasteiger partial charge on any atom is 0.323 e. The van der Waals surface area contributed by atoms with E-state index in [2.05, 4.69) is 15.9 Å². The van der Waals surface area contributed by atoms with Crippen molar-refractivity contribution in [2.45, 2.75) is 0 Å². The largest absolute Gasteiger partial charge is 0.480 e. The molecular formula is C12H15BrN2O4. The molecule has 104 valence electrons. The van der Waals surface area contributed by atoms with Crippen LogP contribution in [0.2, 0.25) is 0 Å². The molecule has 3 N–H and O–H groups in total. The first-order valence-electron chi connectivity index (χ1n) is 5.50. The highest BCUT2D eigenvalue weighted by Gasteiger charge is 2.20. The summed E-state index contributed by atoms with van der Waals surface area (Å²) in [6.07, 6.45) is 0. The van der Waals surface area contributed by atoms with Gasteiger partial charge in [0, 0.05) is 23.8 Å². The average molecular weight is 331 g/mol. The molecule has 0 unspecified atom stereocenters. The van der Waals surface area contributed by atoms with Gasteiger partial charge in [0.05, 0.1) is 12.2 Å². The molecule has 1 amide bonds. The second-order valence-corrected chi connectivity index (χ2v) is 4.71. The molecule has 0 saturated heterocycles. The Bertz CT molecular complexity index is 479. The molecule has 1 rings (SSSR count). The lowest BCUT2D eigenvalue weighted by Gasteiger charge is -2.21. The number of carbonyl (C=O) groups is 2. The first-order valence-corrected chi connectivity index (χ1v) is 6.30. The van der Waals surface area contributed by atoms with Gasteiger partial charge in [0.25, 0.3) is 5.91 Å². The van der Waals surface area contributed by atoms with Gasteiger partial charge in [-0.2, -0.15) is 0 Å². The molecule has 0 bridgehead atoms. The Morgan fingerprint density at radius 1 is 1.47 bits per heavy atom. The van der Waals surface area contributed by atoms with Crippen LogP contribution in [0.4, 0.5) is 5.69 Å². The first kappa shape index (κ1) is 15.5. The number of amides is 1. The normalized spacial score (nSPS) is 10.2. The standard InChI is InChI=1S/C12H15BrN2O4/c1-19-5-4-15(7-11(16)17)12(18)9-6-8(14)2-3-10(9)13/h2-3,6H,4-5,7,14H2,1H3,(H,16,17). The van der Waals surface area contributed by atoms with Gasteiger partial charge in [-0.3, -0.25) is 9.59 Å². The highest BCUT2D eigenvalue weighted by molar-refractivity contribution is 9.10. The molecule has 0 aliphatic heterocycles. The number of hydrogen-bond donors (Lipinski definition) is 2. The minimum atomic E-state index is -1.08. The molecule has 0 spiro atoms. The molecule has 0 saturated carbocycles. The van der Waals surface area contributed by atoms with Crippen LogP contribution in [0, 0.1) is 0 Å². The number of aliphatic carboxylic acids is 1. The van der Waals surface area contributed by atoms with E-state index in [4.69, 9.17) is 15.6 Å². The third-order valence-electron chi connectivity index (χ3n) is 2.40. The van der Waals surface area contributed by atoms with Gasteiger partial charge in [-0.1, -0.05) is 0 Å². The molecule has 0 aromatic heterocycles. The predicted octanol–water partition coefficient (Wildman–Crippen LogP) is 1.20. The van der Waals surface area contributed by atoms with Crippen LogP contribution in [0.1, 0.15) is 10.4 Å². The molecule has 0 aliphatic carbocycles. The summed E-state index contributed by atoms with van der Waals surface area (Å²) in [6.45, 7) is 0.0747.